The molecule has 0 aliphatic heterocycles. The summed E-state index contributed by atoms with van der Waals surface area (Å²) >= 11 is 1.24. The average molecular weight is 446 g/mol. The number of amides is 1. The number of nitrogens with one attached hydrogen (secondary N) is 1. The first-order valence-electron chi connectivity index (χ1n) is 9.69. The van der Waals surface area contributed by atoms with Crippen molar-refractivity contribution in [3.8, 4) is 23.5 Å². The Balaban J connectivity index is 1.88. The van der Waals surface area contributed by atoms with E-state index in [1.807, 2.05) is 13.0 Å². The van der Waals surface area contributed by atoms with Crippen molar-refractivity contribution in [1.82, 2.24) is 0 Å². The predicted octanol–water partition coefficient (Wildman–Crippen LogP) is 5.22. The molecule has 1 aromatic carbocycles. The van der Waals surface area contributed by atoms with Gasteiger partial charge in [-0.1, -0.05) is 12.1 Å². The molecule has 0 radical (unpaired) electrons. The molecule has 0 saturated heterocycles. The first-order chi connectivity index (χ1) is 15.4. The summed E-state index contributed by atoms with van der Waals surface area (Å²) in [4.78, 5) is 25.9. The van der Waals surface area contributed by atoms with Crippen molar-refractivity contribution >= 4 is 34.3 Å². The van der Waals surface area contributed by atoms with Crippen molar-refractivity contribution in [2.24, 2.45) is 0 Å². The number of nitrogens with zero attached hydrogens (tertiary/aromatic N) is 2. The highest BCUT2D eigenvalue weighted by molar-refractivity contribution is 7.16. The number of ether oxygens (including phenoxy) is 1. The molecule has 3 aromatic rings. The Labute approximate surface area is 189 Å². The van der Waals surface area contributed by atoms with Gasteiger partial charge in [0.05, 0.1) is 23.8 Å². The van der Waals surface area contributed by atoms with E-state index in [4.69, 9.17) is 9.15 Å². The molecule has 1 N–H and O–H groups in total. The molecular weight excluding hydrogens is 426 g/mol. The van der Waals surface area contributed by atoms with Crippen LogP contribution >= 0.6 is 11.3 Å². The second-order valence-corrected chi connectivity index (χ2v) is 7.92. The highest BCUT2D eigenvalue weighted by Gasteiger charge is 2.23. The van der Waals surface area contributed by atoms with E-state index in [9.17, 15) is 20.1 Å². The van der Waals surface area contributed by atoms with Crippen LogP contribution in [0.3, 0.4) is 0 Å². The van der Waals surface area contributed by atoms with Gasteiger partial charge in [-0.05, 0) is 50.6 Å². The SMILES string of the molecule is CCOC(=O)c1c(NC(=O)/C(C#N)=C/c2ccc(-c3ccccc3C#N)o2)sc(C)c1C. The van der Waals surface area contributed by atoms with Crippen molar-refractivity contribution < 1.29 is 18.7 Å². The topological polar surface area (TPSA) is 116 Å². The number of rotatable bonds is 6. The second-order valence-electron chi connectivity index (χ2n) is 6.69. The van der Waals surface area contributed by atoms with E-state index < -0.39 is 11.9 Å². The lowest BCUT2D eigenvalue weighted by Crippen LogP contribution is -2.16. The van der Waals surface area contributed by atoms with Crippen molar-refractivity contribution in [2.45, 2.75) is 20.8 Å². The molecule has 2 aromatic heterocycles. The number of esters is 1. The van der Waals surface area contributed by atoms with Gasteiger partial charge in [0.1, 0.15) is 28.2 Å². The number of carbonyl (C=O) groups excluding carboxylic acids is 2. The summed E-state index contributed by atoms with van der Waals surface area (Å²) in [6.07, 6.45) is 1.31. The summed E-state index contributed by atoms with van der Waals surface area (Å²) in [5.74, 6) is -0.475. The number of carbonyl (C=O) groups is 2. The van der Waals surface area contributed by atoms with Crippen molar-refractivity contribution in [1.29, 1.82) is 10.5 Å². The van der Waals surface area contributed by atoms with Crippen molar-refractivity contribution in [3.05, 3.63) is 69.3 Å². The van der Waals surface area contributed by atoms with Gasteiger partial charge in [-0.2, -0.15) is 10.5 Å². The van der Waals surface area contributed by atoms with E-state index in [0.717, 1.165) is 10.4 Å². The van der Waals surface area contributed by atoms with Crippen molar-refractivity contribution in [3.63, 3.8) is 0 Å². The van der Waals surface area contributed by atoms with E-state index >= 15 is 0 Å². The maximum absolute atomic E-state index is 12.7. The minimum absolute atomic E-state index is 0.196. The smallest absolute Gasteiger partial charge is 0.341 e. The molecule has 32 heavy (non-hydrogen) atoms. The highest BCUT2D eigenvalue weighted by Crippen LogP contribution is 2.33. The van der Waals surface area contributed by atoms with E-state index in [1.165, 1.54) is 17.4 Å². The van der Waals surface area contributed by atoms with Crippen LogP contribution in [0.15, 0.2) is 46.4 Å². The van der Waals surface area contributed by atoms with Gasteiger partial charge in [0.2, 0.25) is 0 Å². The maximum Gasteiger partial charge on any atom is 0.341 e. The van der Waals surface area contributed by atoms with Crippen LogP contribution in [0.1, 0.15) is 39.0 Å². The zero-order valence-corrected chi connectivity index (χ0v) is 18.5. The number of hydrogen-bond acceptors (Lipinski definition) is 7. The molecule has 2 heterocycles. The van der Waals surface area contributed by atoms with Crippen LogP contribution in [0.2, 0.25) is 0 Å². The van der Waals surface area contributed by atoms with E-state index in [2.05, 4.69) is 11.4 Å². The summed E-state index contributed by atoms with van der Waals surface area (Å²) in [5.41, 5.74) is 1.87. The van der Waals surface area contributed by atoms with Gasteiger partial charge < -0.3 is 14.5 Å². The summed E-state index contributed by atoms with van der Waals surface area (Å²) < 4.78 is 10.8. The molecule has 0 aliphatic carbocycles. The van der Waals surface area contributed by atoms with Gasteiger partial charge in [0.15, 0.2) is 0 Å². The Bertz CT molecular complexity index is 1300. The van der Waals surface area contributed by atoms with Crippen LogP contribution < -0.4 is 5.32 Å². The molecule has 0 atom stereocenters. The molecule has 0 aliphatic rings. The number of aryl methyl sites for hydroxylation is 1. The minimum Gasteiger partial charge on any atom is -0.462 e. The van der Waals surface area contributed by atoms with Gasteiger partial charge in [0, 0.05) is 16.5 Å². The molecule has 8 heteroatoms. The summed E-state index contributed by atoms with van der Waals surface area (Å²) in [6, 6.07) is 14.2. The first kappa shape index (κ1) is 22.5. The van der Waals surface area contributed by atoms with Crippen LogP contribution in [-0.4, -0.2) is 18.5 Å². The fourth-order valence-electron chi connectivity index (χ4n) is 3.00. The predicted molar refractivity (Wildman–Crippen MR) is 121 cm³/mol. The lowest BCUT2D eigenvalue weighted by Gasteiger charge is -2.06. The Kier molecular flexibility index (Phi) is 6.89. The van der Waals surface area contributed by atoms with E-state index in [1.54, 1.807) is 50.2 Å². The molecule has 0 spiro atoms. The number of hydrogen-bond donors (Lipinski definition) is 1. The fraction of sp³-hybridized carbons (Fsp3) is 0.167. The number of benzene rings is 1. The molecule has 0 saturated carbocycles. The van der Waals surface area contributed by atoms with Gasteiger partial charge in [-0.15, -0.1) is 11.3 Å². The highest BCUT2D eigenvalue weighted by atomic mass is 32.1. The number of anilines is 1. The van der Waals surface area contributed by atoms with Crippen LogP contribution in [0.4, 0.5) is 5.00 Å². The Morgan fingerprint density at radius 1 is 1.19 bits per heavy atom. The van der Waals surface area contributed by atoms with Gasteiger partial charge >= 0.3 is 5.97 Å². The van der Waals surface area contributed by atoms with Gasteiger partial charge in [-0.25, -0.2) is 4.79 Å². The van der Waals surface area contributed by atoms with Crippen molar-refractivity contribution in [2.75, 3.05) is 11.9 Å². The second kappa shape index (κ2) is 9.78. The molecule has 3 rings (SSSR count). The number of furan rings is 1. The Hall–Kier alpha value is -4.14. The maximum atomic E-state index is 12.7. The molecule has 0 bridgehead atoms. The lowest BCUT2D eigenvalue weighted by molar-refractivity contribution is -0.112. The van der Waals surface area contributed by atoms with Crippen LogP contribution in [0, 0.1) is 36.5 Å². The van der Waals surface area contributed by atoms with E-state index in [0.29, 0.717) is 21.9 Å². The molecule has 0 unspecified atom stereocenters. The van der Waals surface area contributed by atoms with Gasteiger partial charge in [0.25, 0.3) is 5.91 Å². The molecule has 0 fully saturated rings. The normalized spacial score (nSPS) is 10.8. The Morgan fingerprint density at radius 3 is 2.62 bits per heavy atom. The largest absolute Gasteiger partial charge is 0.462 e. The Morgan fingerprint density at radius 2 is 1.94 bits per heavy atom. The third-order valence-electron chi connectivity index (χ3n) is 4.68. The zero-order chi connectivity index (χ0) is 23.3. The first-order valence-corrected chi connectivity index (χ1v) is 10.5. The number of nitriles is 2. The van der Waals surface area contributed by atoms with Crippen LogP contribution in [0.25, 0.3) is 17.4 Å². The summed E-state index contributed by atoms with van der Waals surface area (Å²) in [5, 5.41) is 21.7. The van der Waals surface area contributed by atoms with Crippen LogP contribution in [0.5, 0.6) is 0 Å². The quantitative estimate of drug-likeness (QED) is 0.316. The molecular formula is C24H19N3O4S. The molecule has 7 nitrogen and oxygen atoms in total. The monoisotopic (exact) mass is 445 g/mol. The summed E-state index contributed by atoms with van der Waals surface area (Å²) in [6.45, 7) is 5.52. The van der Waals surface area contributed by atoms with Gasteiger partial charge in [-0.3, -0.25) is 4.79 Å². The third kappa shape index (κ3) is 4.61. The molecule has 160 valence electrons. The third-order valence-corrected chi connectivity index (χ3v) is 5.81. The summed E-state index contributed by atoms with van der Waals surface area (Å²) in [7, 11) is 0. The lowest BCUT2D eigenvalue weighted by atomic mass is 10.1. The standard InChI is InChI=1S/C24H19N3O4S/c1-4-30-24(29)21-14(2)15(3)32-23(21)27-22(28)17(13-26)11-18-9-10-20(31-18)19-8-6-5-7-16(19)12-25/h5-11H,4H2,1-3H3,(H,27,28)/b17-11+. The zero-order valence-electron chi connectivity index (χ0n) is 17.7. The minimum atomic E-state index is -0.672. The number of thiophene rings is 1. The molecule has 1 amide bonds. The van der Waals surface area contributed by atoms with Crippen LogP contribution in [-0.2, 0) is 9.53 Å². The average Bonchev–Trinajstić information content (AvgIpc) is 3.36. The van der Waals surface area contributed by atoms with E-state index in [-0.39, 0.29) is 23.5 Å². The fourth-order valence-corrected chi connectivity index (χ4v) is 4.04.